The SMILES string of the molecule is CC(C)(C)C(=O)N(Cc1csc(N2CCN(c3ccccn3)CC2)n1)c1ccc(F)cc1. The van der Waals surface area contributed by atoms with Crippen LogP contribution < -0.4 is 14.7 Å². The van der Waals surface area contributed by atoms with Gasteiger partial charge in [0.15, 0.2) is 5.13 Å². The van der Waals surface area contributed by atoms with Crippen LogP contribution in [0.15, 0.2) is 54.0 Å². The fourth-order valence-electron chi connectivity index (χ4n) is 3.65. The highest BCUT2D eigenvalue weighted by molar-refractivity contribution is 7.13. The number of piperazine rings is 1. The Morgan fingerprint density at radius 2 is 1.75 bits per heavy atom. The van der Waals surface area contributed by atoms with Crippen molar-refractivity contribution in [2.75, 3.05) is 40.9 Å². The molecule has 1 saturated heterocycles. The van der Waals surface area contributed by atoms with Crippen LogP contribution in [0, 0.1) is 11.2 Å². The standard InChI is InChI=1S/C24H28FN5OS/c1-24(2,3)22(31)30(20-9-7-18(25)8-10-20)16-19-17-32-23(27-19)29-14-12-28(13-15-29)21-6-4-5-11-26-21/h4-11,17H,12-16H2,1-3H3. The topological polar surface area (TPSA) is 52.6 Å². The predicted octanol–water partition coefficient (Wildman–Crippen LogP) is 4.58. The summed E-state index contributed by atoms with van der Waals surface area (Å²) in [5, 5.41) is 2.97. The van der Waals surface area contributed by atoms with Crippen LogP contribution in [0.1, 0.15) is 26.5 Å². The van der Waals surface area contributed by atoms with Gasteiger partial charge in [-0.1, -0.05) is 26.8 Å². The first-order chi connectivity index (χ1) is 15.3. The molecular weight excluding hydrogens is 425 g/mol. The number of pyridine rings is 1. The Morgan fingerprint density at radius 3 is 2.38 bits per heavy atom. The molecule has 0 atom stereocenters. The lowest BCUT2D eigenvalue weighted by atomic mass is 9.94. The van der Waals surface area contributed by atoms with Crippen LogP contribution in [0.25, 0.3) is 0 Å². The number of thiazole rings is 1. The van der Waals surface area contributed by atoms with Crippen LogP contribution in [0.4, 0.5) is 21.0 Å². The summed E-state index contributed by atoms with van der Waals surface area (Å²) in [7, 11) is 0. The second-order valence-corrected chi connectivity index (χ2v) is 9.74. The Bertz CT molecular complexity index is 1040. The van der Waals surface area contributed by atoms with Crippen LogP contribution in [0.2, 0.25) is 0 Å². The monoisotopic (exact) mass is 453 g/mol. The van der Waals surface area contributed by atoms with Crippen LogP contribution >= 0.6 is 11.3 Å². The van der Waals surface area contributed by atoms with Gasteiger partial charge >= 0.3 is 0 Å². The second-order valence-electron chi connectivity index (χ2n) is 8.90. The van der Waals surface area contributed by atoms with Crippen molar-refractivity contribution < 1.29 is 9.18 Å². The van der Waals surface area contributed by atoms with Crippen molar-refractivity contribution >= 4 is 33.9 Å². The molecular formula is C24H28FN5OS. The average Bonchev–Trinajstić information content (AvgIpc) is 3.26. The molecule has 2 aromatic heterocycles. The van der Waals surface area contributed by atoms with Crippen molar-refractivity contribution in [2.24, 2.45) is 5.41 Å². The van der Waals surface area contributed by atoms with Crippen LogP contribution in [-0.4, -0.2) is 42.1 Å². The third-order valence-corrected chi connectivity index (χ3v) is 6.36. The van der Waals surface area contributed by atoms with Gasteiger partial charge in [0.1, 0.15) is 11.6 Å². The Kier molecular flexibility index (Phi) is 6.41. The molecule has 3 aromatic rings. The number of amides is 1. The second kappa shape index (κ2) is 9.24. The van der Waals surface area contributed by atoms with Gasteiger partial charge in [0.05, 0.1) is 12.2 Å². The Labute approximate surface area is 192 Å². The highest BCUT2D eigenvalue weighted by atomic mass is 32.1. The predicted molar refractivity (Wildman–Crippen MR) is 128 cm³/mol. The minimum Gasteiger partial charge on any atom is -0.353 e. The molecule has 0 radical (unpaired) electrons. The van der Waals surface area contributed by atoms with Gasteiger partial charge in [0.2, 0.25) is 5.91 Å². The maximum absolute atomic E-state index is 13.4. The molecule has 1 aliphatic rings. The summed E-state index contributed by atoms with van der Waals surface area (Å²) in [6.07, 6.45) is 1.82. The first-order valence-electron chi connectivity index (χ1n) is 10.7. The first-order valence-corrected chi connectivity index (χ1v) is 11.6. The fraction of sp³-hybridized carbons (Fsp3) is 0.375. The van der Waals surface area contributed by atoms with E-state index in [0.29, 0.717) is 12.2 Å². The lowest BCUT2D eigenvalue weighted by molar-refractivity contribution is -0.125. The van der Waals surface area contributed by atoms with E-state index < -0.39 is 5.41 Å². The van der Waals surface area contributed by atoms with Gasteiger partial charge in [0, 0.05) is 48.9 Å². The normalized spacial score (nSPS) is 14.5. The zero-order valence-corrected chi connectivity index (χ0v) is 19.5. The molecule has 0 spiro atoms. The molecule has 0 N–H and O–H groups in total. The van der Waals surface area contributed by atoms with E-state index in [1.165, 1.54) is 12.1 Å². The van der Waals surface area contributed by atoms with E-state index in [1.54, 1.807) is 28.4 Å². The highest BCUT2D eigenvalue weighted by Crippen LogP contribution is 2.28. The molecule has 1 fully saturated rings. The van der Waals surface area contributed by atoms with E-state index in [1.807, 2.05) is 50.5 Å². The molecule has 8 heteroatoms. The maximum Gasteiger partial charge on any atom is 0.232 e. The average molecular weight is 454 g/mol. The van der Waals surface area contributed by atoms with Crippen molar-refractivity contribution in [1.82, 2.24) is 9.97 Å². The van der Waals surface area contributed by atoms with Crippen LogP contribution in [0.5, 0.6) is 0 Å². The van der Waals surface area contributed by atoms with E-state index in [0.717, 1.165) is 42.8 Å². The summed E-state index contributed by atoms with van der Waals surface area (Å²) in [5.74, 6) is 0.656. The number of nitrogens with zero attached hydrogens (tertiary/aromatic N) is 5. The smallest absolute Gasteiger partial charge is 0.232 e. The Hall–Kier alpha value is -3.00. The lowest BCUT2D eigenvalue weighted by Gasteiger charge is -2.35. The molecule has 32 heavy (non-hydrogen) atoms. The zero-order valence-electron chi connectivity index (χ0n) is 18.7. The van der Waals surface area contributed by atoms with E-state index in [9.17, 15) is 9.18 Å². The molecule has 1 aromatic carbocycles. The van der Waals surface area contributed by atoms with Crippen molar-refractivity contribution in [3.8, 4) is 0 Å². The summed E-state index contributed by atoms with van der Waals surface area (Å²) in [5.41, 5.74) is 0.943. The van der Waals surface area contributed by atoms with Crippen LogP contribution in [0.3, 0.4) is 0 Å². The number of hydrogen-bond donors (Lipinski definition) is 0. The van der Waals surface area contributed by atoms with Gasteiger partial charge in [0.25, 0.3) is 0 Å². The molecule has 0 saturated carbocycles. The van der Waals surface area contributed by atoms with Gasteiger partial charge in [-0.05, 0) is 36.4 Å². The number of carbonyl (C=O) groups is 1. The zero-order chi connectivity index (χ0) is 22.7. The summed E-state index contributed by atoms with van der Waals surface area (Å²) >= 11 is 1.59. The molecule has 0 unspecified atom stereocenters. The van der Waals surface area contributed by atoms with Gasteiger partial charge in [-0.3, -0.25) is 4.79 Å². The number of anilines is 3. The summed E-state index contributed by atoms with van der Waals surface area (Å²) in [6, 6.07) is 12.0. The summed E-state index contributed by atoms with van der Waals surface area (Å²) in [4.78, 5) is 28.6. The number of carbonyl (C=O) groups excluding carboxylic acids is 1. The number of hydrogen-bond acceptors (Lipinski definition) is 6. The molecule has 1 aliphatic heterocycles. The Morgan fingerprint density at radius 1 is 1.06 bits per heavy atom. The molecule has 4 rings (SSSR count). The fourth-order valence-corrected chi connectivity index (χ4v) is 4.52. The molecule has 168 valence electrons. The van der Waals surface area contributed by atoms with Crippen molar-refractivity contribution in [3.63, 3.8) is 0 Å². The molecule has 3 heterocycles. The quantitative estimate of drug-likeness (QED) is 0.566. The van der Waals surface area contributed by atoms with Crippen LogP contribution in [-0.2, 0) is 11.3 Å². The number of benzene rings is 1. The third-order valence-electron chi connectivity index (χ3n) is 5.41. The van der Waals surface area contributed by atoms with Gasteiger partial charge in [-0.25, -0.2) is 14.4 Å². The van der Waals surface area contributed by atoms with E-state index in [-0.39, 0.29) is 11.7 Å². The van der Waals surface area contributed by atoms with Gasteiger partial charge in [-0.15, -0.1) is 11.3 Å². The first kappa shape index (κ1) is 22.2. The largest absolute Gasteiger partial charge is 0.353 e. The number of halogens is 1. The van der Waals surface area contributed by atoms with Gasteiger partial charge in [-0.2, -0.15) is 0 Å². The van der Waals surface area contributed by atoms with E-state index in [4.69, 9.17) is 4.98 Å². The Balaban J connectivity index is 1.46. The summed E-state index contributed by atoms with van der Waals surface area (Å²) < 4.78 is 13.4. The van der Waals surface area contributed by atoms with Crippen molar-refractivity contribution in [3.05, 3.63) is 65.6 Å². The summed E-state index contributed by atoms with van der Waals surface area (Å²) in [6.45, 7) is 9.52. The minimum absolute atomic E-state index is 0.0253. The lowest BCUT2D eigenvalue weighted by Crippen LogP contribution is -2.46. The molecule has 0 bridgehead atoms. The third kappa shape index (κ3) is 5.07. The van der Waals surface area contributed by atoms with Gasteiger partial charge < -0.3 is 14.7 Å². The molecule has 0 aliphatic carbocycles. The van der Waals surface area contributed by atoms with E-state index in [2.05, 4.69) is 14.8 Å². The highest BCUT2D eigenvalue weighted by Gasteiger charge is 2.29. The molecule has 6 nitrogen and oxygen atoms in total. The van der Waals surface area contributed by atoms with Crippen molar-refractivity contribution in [1.29, 1.82) is 0 Å². The maximum atomic E-state index is 13.4. The number of aromatic nitrogens is 2. The molecule has 1 amide bonds. The van der Waals surface area contributed by atoms with Crippen molar-refractivity contribution in [2.45, 2.75) is 27.3 Å². The minimum atomic E-state index is -0.560. The van der Waals surface area contributed by atoms with E-state index >= 15 is 0 Å². The number of rotatable bonds is 5.